The third-order valence-corrected chi connectivity index (χ3v) is 5.19. The van der Waals surface area contributed by atoms with Gasteiger partial charge in [0.1, 0.15) is 5.54 Å². The average Bonchev–Trinajstić information content (AvgIpc) is 2.92. The second-order valence-electron chi connectivity index (χ2n) is 6.46. The third kappa shape index (κ3) is 2.32. The summed E-state index contributed by atoms with van der Waals surface area (Å²) in [5, 5.41) is 2.99. The minimum absolute atomic E-state index is 0.0279. The second-order valence-corrected chi connectivity index (χ2v) is 6.46. The summed E-state index contributed by atoms with van der Waals surface area (Å²) in [5.41, 5.74) is -0.566. The lowest BCUT2D eigenvalue weighted by Crippen LogP contribution is -2.68. The van der Waals surface area contributed by atoms with Gasteiger partial charge in [0.2, 0.25) is 11.8 Å². The summed E-state index contributed by atoms with van der Waals surface area (Å²) < 4.78 is 0. The van der Waals surface area contributed by atoms with Gasteiger partial charge in [-0.1, -0.05) is 19.8 Å². The molecule has 5 nitrogen and oxygen atoms in total. The zero-order valence-corrected chi connectivity index (χ0v) is 12.4. The van der Waals surface area contributed by atoms with Crippen LogP contribution in [0.15, 0.2) is 0 Å². The predicted molar refractivity (Wildman–Crippen MR) is 76.2 cm³/mol. The van der Waals surface area contributed by atoms with E-state index < -0.39 is 5.54 Å². The number of likely N-dealkylation sites (N-methyl/N-ethyl adjacent to an activating group) is 1. The van der Waals surface area contributed by atoms with Gasteiger partial charge in [0.15, 0.2) is 0 Å². The number of nitrogens with zero attached hydrogens (tertiary/aromatic N) is 2. The van der Waals surface area contributed by atoms with Crippen LogP contribution in [-0.4, -0.2) is 59.4 Å². The Labute approximate surface area is 120 Å². The Kier molecular flexibility index (Phi) is 3.71. The number of piperazine rings is 1. The Balaban J connectivity index is 1.77. The monoisotopic (exact) mass is 279 g/mol. The van der Waals surface area contributed by atoms with Crippen LogP contribution in [0.5, 0.6) is 0 Å². The highest BCUT2D eigenvalue weighted by Gasteiger charge is 2.49. The smallest absolute Gasteiger partial charge is 0.249 e. The van der Waals surface area contributed by atoms with Gasteiger partial charge in [0.25, 0.3) is 0 Å². The van der Waals surface area contributed by atoms with Crippen molar-refractivity contribution < 1.29 is 9.59 Å². The van der Waals surface area contributed by atoms with Crippen LogP contribution in [0.4, 0.5) is 0 Å². The highest BCUT2D eigenvalue weighted by molar-refractivity contribution is 5.98. The molecule has 2 saturated heterocycles. The summed E-state index contributed by atoms with van der Waals surface area (Å²) >= 11 is 0. The van der Waals surface area contributed by atoms with E-state index >= 15 is 0 Å². The van der Waals surface area contributed by atoms with Crippen molar-refractivity contribution in [3.8, 4) is 0 Å². The highest BCUT2D eigenvalue weighted by Crippen LogP contribution is 2.34. The van der Waals surface area contributed by atoms with Crippen LogP contribution in [0.25, 0.3) is 0 Å². The van der Waals surface area contributed by atoms with Gasteiger partial charge in [0.05, 0.1) is 6.54 Å². The lowest BCUT2D eigenvalue weighted by molar-refractivity contribution is -0.153. The molecule has 1 atom stereocenters. The number of carbonyl (C=O) groups is 2. The van der Waals surface area contributed by atoms with E-state index in [0.717, 1.165) is 58.2 Å². The summed E-state index contributed by atoms with van der Waals surface area (Å²) in [6, 6.07) is 0.222. The molecule has 3 fully saturated rings. The van der Waals surface area contributed by atoms with Crippen molar-refractivity contribution >= 4 is 11.8 Å². The number of hydrogen-bond acceptors (Lipinski definition) is 3. The zero-order chi connectivity index (χ0) is 14.2. The van der Waals surface area contributed by atoms with E-state index in [2.05, 4.69) is 17.1 Å². The standard InChI is InChI=1S/C15H25N3O2/c1-2-17-9-5-6-12(10-17)18-11-13(19)16-15(14(18)20)7-3-4-8-15/h12H,2-11H2,1H3,(H,16,19). The molecule has 3 rings (SSSR count). The molecule has 1 unspecified atom stereocenters. The van der Waals surface area contributed by atoms with E-state index in [1.807, 2.05) is 4.90 Å². The van der Waals surface area contributed by atoms with Gasteiger partial charge in [-0.25, -0.2) is 0 Å². The molecule has 3 aliphatic rings. The van der Waals surface area contributed by atoms with Crippen LogP contribution >= 0.6 is 0 Å². The molecule has 0 radical (unpaired) electrons. The van der Waals surface area contributed by atoms with Gasteiger partial charge < -0.3 is 15.1 Å². The molecule has 2 amide bonds. The summed E-state index contributed by atoms with van der Waals surface area (Å²) in [4.78, 5) is 29.2. The summed E-state index contributed by atoms with van der Waals surface area (Å²) in [6.07, 6.45) is 5.89. The van der Waals surface area contributed by atoms with Crippen LogP contribution in [0, 0.1) is 0 Å². The summed E-state index contributed by atoms with van der Waals surface area (Å²) in [7, 11) is 0. The van der Waals surface area contributed by atoms with Crippen LogP contribution in [-0.2, 0) is 9.59 Å². The van der Waals surface area contributed by atoms with E-state index in [9.17, 15) is 9.59 Å². The Morgan fingerprint density at radius 3 is 2.70 bits per heavy atom. The first-order valence-electron chi connectivity index (χ1n) is 7.99. The lowest BCUT2D eigenvalue weighted by Gasteiger charge is -2.46. The van der Waals surface area contributed by atoms with Gasteiger partial charge in [-0.2, -0.15) is 0 Å². The van der Waals surface area contributed by atoms with Crippen LogP contribution < -0.4 is 5.32 Å². The Hall–Kier alpha value is -1.10. The van der Waals surface area contributed by atoms with Crippen molar-refractivity contribution in [1.29, 1.82) is 0 Å². The molecular formula is C15H25N3O2. The maximum Gasteiger partial charge on any atom is 0.249 e. The van der Waals surface area contributed by atoms with Crippen LogP contribution in [0.1, 0.15) is 45.4 Å². The predicted octanol–water partition coefficient (Wildman–Crippen LogP) is 0.742. The normalized spacial score (nSPS) is 30.9. The molecule has 0 aromatic carbocycles. The Morgan fingerprint density at radius 2 is 2.00 bits per heavy atom. The van der Waals surface area contributed by atoms with Gasteiger partial charge >= 0.3 is 0 Å². The Bertz CT molecular complexity index is 404. The van der Waals surface area contributed by atoms with E-state index in [1.54, 1.807) is 0 Å². The number of likely N-dealkylation sites (tertiary alicyclic amines) is 1. The van der Waals surface area contributed by atoms with Crippen molar-refractivity contribution in [2.75, 3.05) is 26.2 Å². The molecule has 2 aliphatic heterocycles. The van der Waals surface area contributed by atoms with Gasteiger partial charge in [-0.3, -0.25) is 9.59 Å². The fraction of sp³-hybridized carbons (Fsp3) is 0.867. The van der Waals surface area contributed by atoms with Gasteiger partial charge in [-0.15, -0.1) is 0 Å². The van der Waals surface area contributed by atoms with Gasteiger partial charge in [0, 0.05) is 12.6 Å². The molecule has 1 spiro atoms. The van der Waals surface area contributed by atoms with Crippen molar-refractivity contribution in [3.05, 3.63) is 0 Å². The minimum Gasteiger partial charge on any atom is -0.340 e. The van der Waals surface area contributed by atoms with E-state index in [4.69, 9.17) is 0 Å². The Morgan fingerprint density at radius 1 is 1.25 bits per heavy atom. The molecule has 1 saturated carbocycles. The average molecular weight is 279 g/mol. The first-order chi connectivity index (χ1) is 9.64. The van der Waals surface area contributed by atoms with E-state index in [0.29, 0.717) is 0 Å². The molecule has 0 bridgehead atoms. The molecule has 20 heavy (non-hydrogen) atoms. The third-order valence-electron chi connectivity index (χ3n) is 5.19. The summed E-state index contributed by atoms with van der Waals surface area (Å²) in [5.74, 6) is 0.206. The van der Waals surface area contributed by atoms with Crippen molar-refractivity contribution in [2.45, 2.75) is 57.0 Å². The molecule has 1 N–H and O–H groups in total. The maximum atomic E-state index is 12.9. The lowest BCUT2D eigenvalue weighted by atomic mass is 9.91. The number of piperidine rings is 1. The van der Waals surface area contributed by atoms with Crippen molar-refractivity contribution in [1.82, 2.24) is 15.1 Å². The second kappa shape index (κ2) is 5.35. The molecule has 5 heteroatoms. The minimum atomic E-state index is -0.566. The molecule has 2 heterocycles. The number of amides is 2. The van der Waals surface area contributed by atoms with E-state index in [-0.39, 0.29) is 24.4 Å². The first-order valence-corrected chi connectivity index (χ1v) is 7.99. The number of nitrogens with one attached hydrogen (secondary N) is 1. The zero-order valence-electron chi connectivity index (χ0n) is 12.4. The molecule has 112 valence electrons. The fourth-order valence-electron chi connectivity index (χ4n) is 4.05. The SMILES string of the molecule is CCN1CCCC(N2CC(=O)NC3(CCCC3)C2=O)C1. The largest absolute Gasteiger partial charge is 0.340 e. The van der Waals surface area contributed by atoms with Gasteiger partial charge in [-0.05, 0) is 38.8 Å². The maximum absolute atomic E-state index is 12.9. The fourth-order valence-corrected chi connectivity index (χ4v) is 4.05. The summed E-state index contributed by atoms with van der Waals surface area (Å²) in [6.45, 7) is 5.47. The van der Waals surface area contributed by atoms with E-state index in [1.165, 1.54) is 0 Å². The first kappa shape index (κ1) is 13.9. The molecule has 0 aromatic heterocycles. The quantitative estimate of drug-likeness (QED) is 0.811. The van der Waals surface area contributed by atoms with Crippen molar-refractivity contribution in [3.63, 3.8) is 0 Å². The highest BCUT2D eigenvalue weighted by atomic mass is 16.2. The molecule has 1 aliphatic carbocycles. The molecular weight excluding hydrogens is 254 g/mol. The topological polar surface area (TPSA) is 52.6 Å². The molecule has 0 aromatic rings. The number of carbonyl (C=O) groups excluding carboxylic acids is 2. The van der Waals surface area contributed by atoms with Crippen molar-refractivity contribution in [2.24, 2.45) is 0 Å². The van der Waals surface area contributed by atoms with Crippen LogP contribution in [0.2, 0.25) is 0 Å². The number of hydrogen-bond donors (Lipinski definition) is 1. The number of rotatable bonds is 2. The van der Waals surface area contributed by atoms with Crippen LogP contribution in [0.3, 0.4) is 0 Å².